The zero-order valence-corrected chi connectivity index (χ0v) is 12.6. The van der Waals surface area contributed by atoms with Gasteiger partial charge in [-0.15, -0.1) is 0 Å². The molecule has 2 rings (SSSR count). The summed E-state index contributed by atoms with van der Waals surface area (Å²) in [6, 6.07) is 7.57. The fourth-order valence-electron chi connectivity index (χ4n) is 1.59. The molecule has 6 heteroatoms. The van der Waals surface area contributed by atoms with Gasteiger partial charge in [-0.25, -0.2) is 14.8 Å². The van der Waals surface area contributed by atoms with E-state index >= 15 is 0 Å². The van der Waals surface area contributed by atoms with Crippen molar-refractivity contribution in [3.05, 3.63) is 52.9 Å². The summed E-state index contributed by atoms with van der Waals surface area (Å²) in [5.74, 6) is 0.359. The fraction of sp³-hybridized carbons (Fsp3) is 0.250. The number of carbonyl (C=O) groups excluding carboxylic acids is 1. The Bertz CT molecular complexity index is 724. The van der Waals surface area contributed by atoms with Crippen molar-refractivity contribution in [3.8, 4) is 17.1 Å². The first-order valence-corrected chi connectivity index (χ1v) is 6.68. The van der Waals surface area contributed by atoms with Crippen LogP contribution in [0.4, 0.5) is 4.79 Å². The maximum Gasteiger partial charge on any atom is 0.514 e. The molecule has 114 valence electrons. The molecule has 1 heterocycles. The summed E-state index contributed by atoms with van der Waals surface area (Å²) in [6.07, 6.45) is 2.28. The van der Waals surface area contributed by atoms with Crippen LogP contribution in [0.25, 0.3) is 11.4 Å². The van der Waals surface area contributed by atoms with E-state index in [0.29, 0.717) is 11.4 Å². The van der Waals surface area contributed by atoms with E-state index in [4.69, 9.17) is 9.47 Å². The van der Waals surface area contributed by atoms with Crippen molar-refractivity contribution in [1.29, 1.82) is 0 Å². The lowest BCUT2D eigenvalue weighted by molar-refractivity contribution is 0.0204. The van der Waals surface area contributed by atoms with Crippen LogP contribution in [0.15, 0.2) is 47.5 Å². The fourth-order valence-corrected chi connectivity index (χ4v) is 1.59. The van der Waals surface area contributed by atoms with Crippen LogP contribution in [0.1, 0.15) is 20.8 Å². The van der Waals surface area contributed by atoms with Gasteiger partial charge in [0.15, 0.2) is 11.6 Å². The van der Waals surface area contributed by atoms with Gasteiger partial charge in [-0.1, -0.05) is 0 Å². The Morgan fingerprint density at radius 1 is 1.05 bits per heavy atom. The van der Waals surface area contributed by atoms with E-state index in [9.17, 15) is 9.59 Å². The number of rotatable bonds is 2. The first-order chi connectivity index (χ1) is 10.3. The number of aromatic nitrogens is 2. The van der Waals surface area contributed by atoms with Crippen LogP contribution in [0, 0.1) is 0 Å². The molecule has 1 aromatic carbocycles. The standard InChI is InChI=1S/C16H16N2O4/c1-16(2,3)22-15(20)21-13-8-6-11(5-7-12(13)19)14-17-9-4-10-18-14/h4-10H,1-3H3. The van der Waals surface area contributed by atoms with Gasteiger partial charge in [0.25, 0.3) is 0 Å². The molecule has 1 aromatic heterocycles. The molecule has 0 atom stereocenters. The van der Waals surface area contributed by atoms with Crippen LogP contribution in [0.3, 0.4) is 0 Å². The molecule has 0 spiro atoms. The normalized spacial score (nSPS) is 10.9. The summed E-state index contributed by atoms with van der Waals surface area (Å²) in [5, 5.41) is 0. The summed E-state index contributed by atoms with van der Waals surface area (Å²) in [5.41, 5.74) is -0.495. The average molecular weight is 300 g/mol. The molecule has 0 fully saturated rings. The van der Waals surface area contributed by atoms with Gasteiger partial charge in [-0.05, 0) is 51.1 Å². The van der Waals surface area contributed by atoms with Crippen molar-refractivity contribution < 1.29 is 14.3 Å². The zero-order chi connectivity index (χ0) is 16.2. The van der Waals surface area contributed by atoms with Crippen molar-refractivity contribution in [2.75, 3.05) is 0 Å². The number of hydrogen-bond donors (Lipinski definition) is 0. The van der Waals surface area contributed by atoms with Crippen molar-refractivity contribution in [2.24, 2.45) is 0 Å². The van der Waals surface area contributed by atoms with Gasteiger partial charge in [0, 0.05) is 18.0 Å². The van der Waals surface area contributed by atoms with Crippen molar-refractivity contribution >= 4 is 6.16 Å². The monoisotopic (exact) mass is 300 g/mol. The molecule has 0 N–H and O–H groups in total. The van der Waals surface area contributed by atoms with Crippen LogP contribution < -0.4 is 10.2 Å². The molecule has 0 radical (unpaired) electrons. The highest BCUT2D eigenvalue weighted by Crippen LogP contribution is 2.15. The Morgan fingerprint density at radius 3 is 2.32 bits per heavy atom. The second-order valence-corrected chi connectivity index (χ2v) is 5.49. The van der Waals surface area contributed by atoms with Gasteiger partial charge in [-0.2, -0.15) is 0 Å². The molecule has 0 aliphatic carbocycles. The number of carbonyl (C=O) groups is 1. The molecular weight excluding hydrogens is 284 g/mol. The Labute approximate surface area is 127 Å². The third-order valence-electron chi connectivity index (χ3n) is 2.48. The van der Waals surface area contributed by atoms with Crippen molar-refractivity contribution in [1.82, 2.24) is 9.97 Å². The van der Waals surface area contributed by atoms with E-state index in [0.717, 1.165) is 0 Å². The third-order valence-corrected chi connectivity index (χ3v) is 2.48. The molecule has 0 bridgehead atoms. The Morgan fingerprint density at radius 2 is 1.68 bits per heavy atom. The minimum absolute atomic E-state index is 0.114. The van der Waals surface area contributed by atoms with Gasteiger partial charge >= 0.3 is 6.16 Å². The van der Waals surface area contributed by atoms with Crippen molar-refractivity contribution in [3.63, 3.8) is 0 Å². The molecule has 6 nitrogen and oxygen atoms in total. The highest BCUT2D eigenvalue weighted by atomic mass is 16.7. The predicted octanol–water partition coefficient (Wildman–Crippen LogP) is 2.82. The highest BCUT2D eigenvalue weighted by Gasteiger charge is 2.18. The van der Waals surface area contributed by atoms with E-state index in [1.165, 1.54) is 12.1 Å². The van der Waals surface area contributed by atoms with Gasteiger partial charge in [0.2, 0.25) is 5.43 Å². The van der Waals surface area contributed by atoms with Crippen LogP contribution >= 0.6 is 0 Å². The summed E-state index contributed by atoms with van der Waals surface area (Å²) in [4.78, 5) is 31.8. The average Bonchev–Trinajstić information content (AvgIpc) is 2.61. The topological polar surface area (TPSA) is 78.4 Å². The van der Waals surface area contributed by atoms with E-state index < -0.39 is 17.2 Å². The maximum atomic E-state index is 11.9. The minimum Gasteiger partial charge on any atom is -0.428 e. The van der Waals surface area contributed by atoms with Crippen LogP contribution in [0.5, 0.6) is 5.75 Å². The largest absolute Gasteiger partial charge is 0.514 e. The maximum absolute atomic E-state index is 11.9. The molecule has 0 amide bonds. The molecular formula is C16H16N2O4. The van der Waals surface area contributed by atoms with Crippen LogP contribution in [-0.2, 0) is 4.74 Å². The summed E-state index contributed by atoms with van der Waals surface area (Å²) >= 11 is 0. The number of nitrogens with zero attached hydrogens (tertiary/aromatic N) is 2. The predicted molar refractivity (Wildman–Crippen MR) is 80.6 cm³/mol. The Balaban J connectivity index is 2.26. The second kappa shape index (κ2) is 6.34. The summed E-state index contributed by atoms with van der Waals surface area (Å²) in [6.45, 7) is 5.13. The number of ether oxygens (including phenoxy) is 2. The zero-order valence-electron chi connectivity index (χ0n) is 12.6. The summed E-state index contributed by atoms with van der Waals surface area (Å²) in [7, 11) is 0. The molecule has 0 saturated carbocycles. The molecule has 0 aliphatic heterocycles. The molecule has 22 heavy (non-hydrogen) atoms. The molecule has 2 aromatic rings. The Hall–Kier alpha value is -2.76. The molecule has 0 unspecified atom stereocenters. The van der Waals surface area contributed by atoms with Gasteiger partial charge in [0.05, 0.1) is 0 Å². The SMILES string of the molecule is CC(C)(C)OC(=O)Oc1ccc(-c2ncccn2)ccc1=O. The lowest BCUT2D eigenvalue weighted by Gasteiger charge is -2.18. The van der Waals surface area contributed by atoms with E-state index in [1.807, 2.05) is 0 Å². The van der Waals surface area contributed by atoms with E-state index in [-0.39, 0.29) is 5.75 Å². The lowest BCUT2D eigenvalue weighted by atomic mass is 10.2. The van der Waals surface area contributed by atoms with Crippen LogP contribution in [0.2, 0.25) is 0 Å². The summed E-state index contributed by atoms with van der Waals surface area (Å²) < 4.78 is 9.97. The van der Waals surface area contributed by atoms with E-state index in [2.05, 4.69) is 9.97 Å². The smallest absolute Gasteiger partial charge is 0.428 e. The second-order valence-electron chi connectivity index (χ2n) is 5.49. The van der Waals surface area contributed by atoms with Gasteiger partial charge in [-0.3, -0.25) is 4.79 Å². The lowest BCUT2D eigenvalue weighted by Crippen LogP contribution is -2.26. The third kappa shape index (κ3) is 4.37. The van der Waals surface area contributed by atoms with Gasteiger partial charge in [0.1, 0.15) is 5.60 Å². The quantitative estimate of drug-likeness (QED) is 0.794. The first kappa shape index (κ1) is 15.6. The highest BCUT2D eigenvalue weighted by molar-refractivity contribution is 5.64. The van der Waals surface area contributed by atoms with Gasteiger partial charge < -0.3 is 9.47 Å². The molecule has 0 aliphatic rings. The van der Waals surface area contributed by atoms with Crippen molar-refractivity contribution in [2.45, 2.75) is 26.4 Å². The van der Waals surface area contributed by atoms with Crippen LogP contribution in [-0.4, -0.2) is 21.7 Å². The van der Waals surface area contributed by atoms with E-state index in [1.54, 1.807) is 51.4 Å². The first-order valence-electron chi connectivity index (χ1n) is 6.68. The minimum atomic E-state index is -0.923. The molecule has 0 saturated heterocycles. The Kier molecular flexibility index (Phi) is 4.50. The number of hydrogen-bond acceptors (Lipinski definition) is 6.